The Hall–Kier alpha value is -1.68. The highest BCUT2D eigenvalue weighted by Crippen LogP contribution is 2.21. The Kier molecular flexibility index (Phi) is 3.24. The maximum Gasteiger partial charge on any atom is 0.363 e. The molecule has 2 rings (SSSR count). The molecule has 0 bridgehead atoms. The Morgan fingerprint density at radius 1 is 1.29 bits per heavy atom. The highest BCUT2D eigenvalue weighted by Gasteiger charge is 2.13. The predicted octanol–water partition coefficient (Wildman–Crippen LogP) is 3.29. The van der Waals surface area contributed by atoms with E-state index < -0.39 is 5.97 Å². The smallest absolute Gasteiger partial charge is 0.363 e. The lowest BCUT2D eigenvalue weighted by atomic mass is 10.1. The van der Waals surface area contributed by atoms with E-state index in [-0.39, 0.29) is 0 Å². The van der Waals surface area contributed by atoms with Gasteiger partial charge in [-0.15, -0.1) is 11.3 Å². The van der Waals surface area contributed by atoms with Gasteiger partial charge in [0, 0.05) is 5.38 Å². The van der Waals surface area contributed by atoms with Gasteiger partial charge < -0.3 is 4.74 Å². The monoisotopic (exact) mass is 247 g/mol. The summed E-state index contributed by atoms with van der Waals surface area (Å²) >= 11 is 1.44. The van der Waals surface area contributed by atoms with Gasteiger partial charge in [-0.05, 0) is 38.0 Å². The highest BCUT2D eigenvalue weighted by atomic mass is 32.1. The van der Waals surface area contributed by atoms with Crippen LogP contribution in [0.15, 0.2) is 23.6 Å². The van der Waals surface area contributed by atoms with Gasteiger partial charge in [0.05, 0.1) is 5.01 Å². The van der Waals surface area contributed by atoms with E-state index >= 15 is 0 Å². The van der Waals surface area contributed by atoms with Crippen molar-refractivity contribution in [2.45, 2.75) is 20.8 Å². The molecule has 0 aliphatic rings. The van der Waals surface area contributed by atoms with Gasteiger partial charge in [-0.3, -0.25) is 0 Å². The van der Waals surface area contributed by atoms with Gasteiger partial charge in [-0.25, -0.2) is 9.78 Å². The number of aryl methyl sites for hydroxylation is 2. The third-order valence-electron chi connectivity index (χ3n) is 2.59. The summed E-state index contributed by atoms with van der Waals surface area (Å²) in [6, 6.07) is 5.65. The molecule has 0 saturated carbocycles. The normalized spacial score (nSPS) is 10.3. The van der Waals surface area contributed by atoms with Crippen LogP contribution in [-0.4, -0.2) is 11.0 Å². The van der Waals surface area contributed by atoms with Gasteiger partial charge in [0.25, 0.3) is 0 Å². The van der Waals surface area contributed by atoms with Crippen LogP contribution >= 0.6 is 11.3 Å². The molecule has 0 spiro atoms. The minimum Gasteiger partial charge on any atom is -0.421 e. The molecule has 2 aromatic rings. The number of hydrogen-bond acceptors (Lipinski definition) is 4. The SMILES string of the molecule is Cc1nc(C(=O)Oc2cccc(C)c2C)cs1. The van der Waals surface area contributed by atoms with Crippen LogP contribution in [0.3, 0.4) is 0 Å². The quantitative estimate of drug-likeness (QED) is 0.604. The Morgan fingerprint density at radius 2 is 2.06 bits per heavy atom. The first-order chi connectivity index (χ1) is 8.08. The lowest BCUT2D eigenvalue weighted by Gasteiger charge is -2.07. The summed E-state index contributed by atoms with van der Waals surface area (Å²) in [5.74, 6) is 0.198. The average Bonchev–Trinajstić information content (AvgIpc) is 2.72. The molecule has 0 unspecified atom stereocenters. The van der Waals surface area contributed by atoms with Crippen molar-refractivity contribution >= 4 is 17.3 Å². The number of nitrogens with zero attached hydrogens (tertiary/aromatic N) is 1. The molecule has 0 atom stereocenters. The number of carbonyl (C=O) groups excluding carboxylic acids is 1. The molecule has 0 N–H and O–H groups in total. The van der Waals surface area contributed by atoms with Crippen molar-refractivity contribution in [3.8, 4) is 5.75 Å². The molecule has 1 aromatic heterocycles. The second kappa shape index (κ2) is 4.67. The summed E-state index contributed by atoms with van der Waals surface area (Å²) in [7, 11) is 0. The molecule has 0 saturated heterocycles. The highest BCUT2D eigenvalue weighted by molar-refractivity contribution is 7.09. The van der Waals surface area contributed by atoms with Crippen LogP contribution in [0.2, 0.25) is 0 Å². The molecule has 0 aliphatic carbocycles. The first-order valence-corrected chi connectivity index (χ1v) is 6.16. The summed E-state index contributed by atoms with van der Waals surface area (Å²) in [4.78, 5) is 15.9. The lowest BCUT2D eigenvalue weighted by molar-refractivity contribution is 0.0728. The molecule has 4 heteroatoms. The zero-order valence-corrected chi connectivity index (χ0v) is 10.8. The van der Waals surface area contributed by atoms with Gasteiger partial charge in [-0.1, -0.05) is 12.1 Å². The van der Waals surface area contributed by atoms with Crippen LogP contribution in [0.4, 0.5) is 0 Å². The van der Waals surface area contributed by atoms with E-state index in [1.807, 2.05) is 32.9 Å². The number of esters is 1. The van der Waals surface area contributed by atoms with E-state index in [9.17, 15) is 4.79 Å². The maximum atomic E-state index is 11.8. The number of hydrogen-bond donors (Lipinski definition) is 0. The van der Waals surface area contributed by atoms with E-state index in [4.69, 9.17) is 4.74 Å². The fourth-order valence-electron chi connectivity index (χ4n) is 1.44. The van der Waals surface area contributed by atoms with Crippen molar-refractivity contribution in [1.29, 1.82) is 0 Å². The molecule has 1 heterocycles. The van der Waals surface area contributed by atoms with E-state index in [1.165, 1.54) is 11.3 Å². The standard InChI is InChI=1S/C13H13NO2S/c1-8-5-4-6-12(9(8)2)16-13(15)11-7-17-10(3)14-11/h4-7H,1-3H3. The van der Waals surface area contributed by atoms with Crippen molar-refractivity contribution in [3.05, 3.63) is 45.4 Å². The number of aromatic nitrogens is 1. The zero-order valence-electron chi connectivity index (χ0n) is 9.98. The number of benzene rings is 1. The molecule has 0 radical (unpaired) electrons. The van der Waals surface area contributed by atoms with Crippen molar-refractivity contribution in [2.75, 3.05) is 0 Å². The van der Waals surface area contributed by atoms with Crippen LogP contribution in [0.5, 0.6) is 5.75 Å². The van der Waals surface area contributed by atoms with Crippen molar-refractivity contribution in [3.63, 3.8) is 0 Å². The third kappa shape index (κ3) is 2.53. The molecule has 1 aromatic carbocycles. The van der Waals surface area contributed by atoms with Crippen LogP contribution in [0.25, 0.3) is 0 Å². The largest absolute Gasteiger partial charge is 0.421 e. The van der Waals surface area contributed by atoms with Crippen molar-refractivity contribution in [2.24, 2.45) is 0 Å². The molecule has 3 nitrogen and oxygen atoms in total. The van der Waals surface area contributed by atoms with Crippen LogP contribution in [0.1, 0.15) is 26.6 Å². The van der Waals surface area contributed by atoms with Gasteiger partial charge in [-0.2, -0.15) is 0 Å². The Labute approximate surface area is 104 Å². The Bertz CT molecular complexity index is 560. The number of thiazole rings is 1. The molecule has 0 amide bonds. The Balaban J connectivity index is 2.21. The second-order valence-corrected chi connectivity index (χ2v) is 4.90. The van der Waals surface area contributed by atoms with Gasteiger partial charge in [0.1, 0.15) is 5.75 Å². The predicted molar refractivity (Wildman–Crippen MR) is 67.7 cm³/mol. The summed E-state index contributed by atoms with van der Waals surface area (Å²) in [5.41, 5.74) is 2.45. The fourth-order valence-corrected chi connectivity index (χ4v) is 2.03. The van der Waals surface area contributed by atoms with Gasteiger partial charge >= 0.3 is 5.97 Å². The maximum absolute atomic E-state index is 11.8. The van der Waals surface area contributed by atoms with Crippen molar-refractivity contribution in [1.82, 2.24) is 4.98 Å². The molecule has 88 valence electrons. The first kappa shape index (κ1) is 11.8. The van der Waals surface area contributed by atoms with E-state index in [0.29, 0.717) is 11.4 Å². The minimum absolute atomic E-state index is 0.369. The summed E-state index contributed by atoms with van der Waals surface area (Å²) in [6.07, 6.45) is 0. The van der Waals surface area contributed by atoms with Crippen molar-refractivity contribution < 1.29 is 9.53 Å². The summed E-state index contributed by atoms with van der Waals surface area (Å²) in [6.45, 7) is 5.78. The molecule has 17 heavy (non-hydrogen) atoms. The second-order valence-electron chi connectivity index (χ2n) is 3.84. The summed E-state index contributed by atoms with van der Waals surface area (Å²) < 4.78 is 5.33. The number of carbonyl (C=O) groups is 1. The minimum atomic E-state index is -0.400. The van der Waals surface area contributed by atoms with E-state index in [1.54, 1.807) is 11.4 Å². The number of ether oxygens (including phenoxy) is 1. The van der Waals surface area contributed by atoms with Crippen LogP contribution in [-0.2, 0) is 0 Å². The topological polar surface area (TPSA) is 39.2 Å². The third-order valence-corrected chi connectivity index (χ3v) is 3.36. The summed E-state index contributed by atoms with van der Waals surface area (Å²) in [5, 5.41) is 2.57. The fraction of sp³-hybridized carbons (Fsp3) is 0.231. The molecule has 0 fully saturated rings. The lowest BCUT2D eigenvalue weighted by Crippen LogP contribution is -2.10. The van der Waals surface area contributed by atoms with Gasteiger partial charge in [0.2, 0.25) is 0 Å². The van der Waals surface area contributed by atoms with Crippen LogP contribution in [0, 0.1) is 20.8 Å². The van der Waals surface area contributed by atoms with Gasteiger partial charge in [0.15, 0.2) is 5.69 Å². The zero-order chi connectivity index (χ0) is 12.4. The Morgan fingerprint density at radius 3 is 2.71 bits per heavy atom. The first-order valence-electron chi connectivity index (χ1n) is 5.28. The average molecular weight is 247 g/mol. The molecular weight excluding hydrogens is 234 g/mol. The number of rotatable bonds is 2. The molecule has 0 aliphatic heterocycles. The van der Waals surface area contributed by atoms with E-state index in [0.717, 1.165) is 16.1 Å². The van der Waals surface area contributed by atoms with E-state index in [2.05, 4.69) is 4.98 Å². The molecular formula is C13H13NO2S. The van der Waals surface area contributed by atoms with Crippen LogP contribution < -0.4 is 4.74 Å².